The van der Waals surface area contributed by atoms with E-state index in [9.17, 15) is 13.6 Å². The van der Waals surface area contributed by atoms with E-state index in [2.05, 4.69) is 0 Å². The number of amides is 1. The van der Waals surface area contributed by atoms with Crippen LogP contribution in [0.5, 0.6) is 0 Å². The van der Waals surface area contributed by atoms with Crippen LogP contribution in [-0.2, 0) is 4.79 Å². The molecule has 0 aromatic rings. The second kappa shape index (κ2) is 5.24. The third-order valence-electron chi connectivity index (χ3n) is 2.98. The fourth-order valence-corrected chi connectivity index (χ4v) is 1.88. The lowest BCUT2D eigenvalue weighted by atomic mass is 9.95. The summed E-state index contributed by atoms with van der Waals surface area (Å²) in [6.07, 6.45) is 1.01. The molecule has 2 atom stereocenters. The number of hydrogen-bond donors (Lipinski definition) is 0. The predicted molar refractivity (Wildman–Crippen MR) is 54.5 cm³/mol. The predicted octanol–water partition coefficient (Wildman–Crippen LogP) is 2.80. The SMILES string of the molecule is CCC(C)N1CCC(C=C(F)F)CC1=O. The Bertz CT molecular complexity index is 261. The number of carbonyl (C=O) groups excluding carboxylic acids is 1. The first kappa shape index (κ1) is 12.1. The van der Waals surface area contributed by atoms with Crippen LogP contribution in [0.25, 0.3) is 0 Å². The lowest BCUT2D eigenvalue weighted by molar-refractivity contribution is -0.136. The highest BCUT2D eigenvalue weighted by Gasteiger charge is 2.27. The van der Waals surface area contributed by atoms with Gasteiger partial charge in [0.05, 0.1) is 0 Å². The van der Waals surface area contributed by atoms with Crippen LogP contribution in [-0.4, -0.2) is 23.4 Å². The Labute approximate surface area is 88.9 Å². The second-order valence-electron chi connectivity index (χ2n) is 4.05. The van der Waals surface area contributed by atoms with Gasteiger partial charge in [-0.1, -0.05) is 6.92 Å². The first-order valence-corrected chi connectivity index (χ1v) is 5.36. The minimum absolute atomic E-state index is 0.00176. The summed E-state index contributed by atoms with van der Waals surface area (Å²) in [7, 11) is 0. The highest BCUT2D eigenvalue weighted by molar-refractivity contribution is 5.77. The number of carbonyl (C=O) groups is 1. The molecule has 1 fully saturated rings. The van der Waals surface area contributed by atoms with Crippen LogP contribution in [0, 0.1) is 5.92 Å². The van der Waals surface area contributed by atoms with Crippen molar-refractivity contribution >= 4 is 5.91 Å². The minimum Gasteiger partial charge on any atom is -0.340 e. The van der Waals surface area contributed by atoms with E-state index in [1.54, 1.807) is 4.90 Å². The van der Waals surface area contributed by atoms with Crippen LogP contribution < -0.4 is 0 Å². The molecule has 1 aliphatic rings. The molecule has 0 N–H and O–H groups in total. The average molecular weight is 217 g/mol. The monoisotopic (exact) mass is 217 g/mol. The van der Waals surface area contributed by atoms with Crippen LogP contribution in [0.1, 0.15) is 33.1 Å². The fraction of sp³-hybridized carbons (Fsp3) is 0.727. The smallest absolute Gasteiger partial charge is 0.266 e. The molecule has 0 radical (unpaired) electrons. The first-order chi connectivity index (χ1) is 7.04. The Hall–Kier alpha value is -0.930. The Morgan fingerprint density at radius 2 is 2.33 bits per heavy atom. The van der Waals surface area contributed by atoms with E-state index in [0.29, 0.717) is 13.0 Å². The third-order valence-corrected chi connectivity index (χ3v) is 2.98. The van der Waals surface area contributed by atoms with Gasteiger partial charge in [0.1, 0.15) is 0 Å². The van der Waals surface area contributed by atoms with Crippen molar-refractivity contribution in [3.05, 3.63) is 12.2 Å². The molecule has 0 bridgehead atoms. The Kier molecular flexibility index (Phi) is 4.24. The van der Waals surface area contributed by atoms with Gasteiger partial charge in [-0.25, -0.2) is 0 Å². The van der Waals surface area contributed by atoms with E-state index < -0.39 is 6.08 Å². The van der Waals surface area contributed by atoms with Crippen molar-refractivity contribution in [2.24, 2.45) is 5.92 Å². The van der Waals surface area contributed by atoms with E-state index in [1.807, 2.05) is 13.8 Å². The number of rotatable bonds is 3. The third kappa shape index (κ3) is 3.29. The number of allylic oxidation sites excluding steroid dienone is 1. The van der Waals surface area contributed by atoms with Crippen molar-refractivity contribution < 1.29 is 13.6 Å². The summed E-state index contributed by atoms with van der Waals surface area (Å²) in [5.41, 5.74) is 0. The second-order valence-corrected chi connectivity index (χ2v) is 4.05. The highest BCUT2D eigenvalue weighted by Crippen LogP contribution is 2.23. The summed E-state index contributed by atoms with van der Waals surface area (Å²) in [6, 6.07) is 0.220. The zero-order valence-electron chi connectivity index (χ0n) is 9.17. The van der Waals surface area contributed by atoms with Crippen molar-refractivity contribution in [2.75, 3.05) is 6.54 Å². The lowest BCUT2D eigenvalue weighted by Gasteiger charge is -2.34. The van der Waals surface area contributed by atoms with Gasteiger partial charge in [-0.3, -0.25) is 4.79 Å². The maximum absolute atomic E-state index is 12.0. The number of nitrogens with zero attached hydrogens (tertiary/aromatic N) is 1. The van der Waals surface area contributed by atoms with Crippen molar-refractivity contribution in [1.29, 1.82) is 0 Å². The van der Waals surface area contributed by atoms with Crippen molar-refractivity contribution in [3.8, 4) is 0 Å². The van der Waals surface area contributed by atoms with Crippen LogP contribution in [0.2, 0.25) is 0 Å². The minimum atomic E-state index is -1.68. The highest BCUT2D eigenvalue weighted by atomic mass is 19.3. The van der Waals surface area contributed by atoms with Gasteiger partial charge in [-0.05, 0) is 31.8 Å². The van der Waals surface area contributed by atoms with Crippen LogP contribution >= 0.6 is 0 Å². The van der Waals surface area contributed by atoms with Crippen LogP contribution in [0.15, 0.2) is 12.2 Å². The van der Waals surface area contributed by atoms with E-state index in [1.165, 1.54) is 0 Å². The molecule has 86 valence electrons. The summed E-state index contributed by atoms with van der Waals surface area (Å²) in [5, 5.41) is 0. The van der Waals surface area contributed by atoms with E-state index in [0.717, 1.165) is 12.5 Å². The van der Waals surface area contributed by atoms with Gasteiger partial charge >= 0.3 is 0 Å². The molecule has 1 aliphatic heterocycles. The van der Waals surface area contributed by atoms with Gasteiger partial charge in [-0.15, -0.1) is 0 Å². The normalized spacial score (nSPS) is 23.9. The molecule has 1 saturated heterocycles. The van der Waals surface area contributed by atoms with E-state index in [-0.39, 0.29) is 24.3 Å². The zero-order chi connectivity index (χ0) is 11.4. The van der Waals surface area contributed by atoms with Gasteiger partial charge in [0.15, 0.2) is 0 Å². The zero-order valence-corrected chi connectivity index (χ0v) is 9.17. The molecular weight excluding hydrogens is 200 g/mol. The van der Waals surface area contributed by atoms with Crippen LogP contribution in [0.4, 0.5) is 8.78 Å². The summed E-state index contributed by atoms with van der Waals surface area (Å²) >= 11 is 0. The molecule has 2 nitrogen and oxygen atoms in total. The van der Waals surface area contributed by atoms with Gasteiger partial charge in [-0.2, -0.15) is 8.78 Å². The molecule has 1 heterocycles. The van der Waals surface area contributed by atoms with E-state index >= 15 is 0 Å². The molecule has 0 aromatic carbocycles. The van der Waals surface area contributed by atoms with Gasteiger partial charge in [0, 0.05) is 19.0 Å². The summed E-state index contributed by atoms with van der Waals surface area (Å²) in [4.78, 5) is 13.4. The fourth-order valence-electron chi connectivity index (χ4n) is 1.88. The summed E-state index contributed by atoms with van der Waals surface area (Å²) in [6.45, 7) is 4.61. The van der Waals surface area contributed by atoms with Gasteiger partial charge in [0.25, 0.3) is 6.08 Å². The maximum atomic E-state index is 12.0. The molecule has 0 saturated carbocycles. The summed E-state index contributed by atoms with van der Waals surface area (Å²) in [5.74, 6) is -0.277. The molecule has 4 heteroatoms. The standard InChI is InChI=1S/C11H17F2NO/c1-3-8(2)14-5-4-9(6-10(12)13)7-11(14)15/h6,8-9H,3-5,7H2,1-2H3. The molecule has 1 amide bonds. The maximum Gasteiger partial charge on any atom is 0.266 e. The van der Waals surface area contributed by atoms with Crippen LogP contribution in [0.3, 0.4) is 0 Å². The van der Waals surface area contributed by atoms with Gasteiger partial charge < -0.3 is 4.90 Å². The van der Waals surface area contributed by atoms with Crippen molar-refractivity contribution in [2.45, 2.75) is 39.2 Å². The Morgan fingerprint density at radius 1 is 1.67 bits per heavy atom. The number of halogens is 2. The largest absolute Gasteiger partial charge is 0.340 e. The van der Waals surface area contributed by atoms with Crippen molar-refractivity contribution in [1.82, 2.24) is 4.90 Å². The molecule has 15 heavy (non-hydrogen) atoms. The lowest BCUT2D eigenvalue weighted by Crippen LogP contribution is -2.43. The molecular formula is C11H17F2NO. The molecule has 1 rings (SSSR count). The number of likely N-dealkylation sites (tertiary alicyclic amines) is 1. The Morgan fingerprint density at radius 3 is 2.80 bits per heavy atom. The Balaban J connectivity index is 2.55. The molecule has 0 aromatic heterocycles. The topological polar surface area (TPSA) is 20.3 Å². The summed E-state index contributed by atoms with van der Waals surface area (Å²) < 4.78 is 24.0. The first-order valence-electron chi connectivity index (χ1n) is 5.36. The molecule has 0 spiro atoms. The molecule has 0 aliphatic carbocycles. The molecule has 2 unspecified atom stereocenters. The average Bonchev–Trinajstić information content (AvgIpc) is 2.16. The quantitative estimate of drug-likeness (QED) is 0.711. The number of piperidine rings is 1. The van der Waals surface area contributed by atoms with E-state index in [4.69, 9.17) is 0 Å². The van der Waals surface area contributed by atoms with Crippen molar-refractivity contribution in [3.63, 3.8) is 0 Å². The number of hydrogen-bond acceptors (Lipinski definition) is 1. The van der Waals surface area contributed by atoms with Gasteiger partial charge in [0.2, 0.25) is 5.91 Å².